The Balaban J connectivity index is 2.21. The Morgan fingerprint density at radius 2 is 2.22 bits per heavy atom. The zero-order valence-corrected chi connectivity index (χ0v) is 11.3. The number of aromatic nitrogens is 1. The molecule has 0 spiro atoms. The van der Waals surface area contributed by atoms with E-state index in [9.17, 15) is 9.59 Å². The second-order valence-corrected chi connectivity index (χ2v) is 6.15. The highest BCUT2D eigenvalue weighted by Gasteiger charge is 2.58. The molecule has 0 N–H and O–H groups in total. The van der Waals surface area contributed by atoms with Crippen LogP contribution in [0.15, 0.2) is 17.2 Å². The van der Waals surface area contributed by atoms with Gasteiger partial charge < -0.3 is 4.74 Å². The number of amides is 1. The zero-order valence-electron chi connectivity index (χ0n) is 9.02. The average Bonchev–Trinajstić information content (AvgIpc) is 2.53. The first-order valence-electron chi connectivity index (χ1n) is 4.98. The van der Waals surface area contributed by atoms with Crippen LogP contribution in [-0.4, -0.2) is 27.3 Å². The Morgan fingerprint density at radius 1 is 1.50 bits per heavy atom. The molecule has 5 nitrogen and oxygen atoms in total. The third-order valence-electron chi connectivity index (χ3n) is 2.80. The van der Waals surface area contributed by atoms with Gasteiger partial charge in [0.1, 0.15) is 14.9 Å². The van der Waals surface area contributed by atoms with Crippen molar-refractivity contribution < 1.29 is 14.3 Å². The molecule has 1 aromatic heterocycles. The van der Waals surface area contributed by atoms with Crippen molar-refractivity contribution in [2.45, 2.75) is 22.4 Å². The summed E-state index contributed by atoms with van der Waals surface area (Å²) >= 11 is 13.2. The lowest BCUT2D eigenvalue weighted by atomic mass is 10.2. The molecule has 0 bridgehead atoms. The van der Waals surface area contributed by atoms with Crippen LogP contribution in [0, 0.1) is 0 Å². The predicted molar refractivity (Wildman–Crippen MR) is 66.7 cm³/mol. The van der Waals surface area contributed by atoms with Crippen molar-refractivity contribution in [3.8, 4) is 0 Å². The number of anilines is 1. The predicted octanol–water partition coefficient (Wildman–Crippen LogP) is 2.01. The van der Waals surface area contributed by atoms with Crippen molar-refractivity contribution in [2.75, 3.05) is 4.90 Å². The number of hydrogen-bond acceptors (Lipinski definition) is 5. The minimum absolute atomic E-state index is 0.299. The number of carbonyl (C=O) groups is 2. The van der Waals surface area contributed by atoms with E-state index in [4.69, 9.17) is 27.9 Å². The largest absolute Gasteiger partial charge is 0.429 e. The molecular weight excluding hydrogens is 299 g/mol. The third kappa shape index (κ3) is 1.46. The van der Waals surface area contributed by atoms with E-state index in [0.29, 0.717) is 15.9 Å². The number of alkyl halides is 1. The molecule has 2 aliphatic rings. The van der Waals surface area contributed by atoms with Crippen LogP contribution in [0.2, 0.25) is 5.15 Å². The maximum atomic E-state index is 11.9. The van der Waals surface area contributed by atoms with Crippen molar-refractivity contribution in [3.63, 3.8) is 0 Å². The van der Waals surface area contributed by atoms with Gasteiger partial charge >= 0.3 is 11.9 Å². The highest BCUT2D eigenvalue weighted by molar-refractivity contribution is 8.01. The van der Waals surface area contributed by atoms with E-state index in [1.807, 2.05) is 0 Å². The van der Waals surface area contributed by atoms with Crippen molar-refractivity contribution in [1.82, 2.24) is 4.98 Å². The fourth-order valence-electron chi connectivity index (χ4n) is 1.94. The van der Waals surface area contributed by atoms with Crippen molar-refractivity contribution in [3.05, 3.63) is 17.3 Å². The number of ether oxygens (including phenoxy) is 1. The van der Waals surface area contributed by atoms with Gasteiger partial charge in [0.05, 0.1) is 5.69 Å². The van der Waals surface area contributed by atoms with Gasteiger partial charge in [-0.2, -0.15) is 0 Å². The molecule has 0 unspecified atom stereocenters. The first kappa shape index (κ1) is 12.1. The number of halogens is 2. The Morgan fingerprint density at radius 3 is 2.94 bits per heavy atom. The third-order valence-corrected chi connectivity index (χ3v) is 4.85. The number of fused-ring (bicyclic) bond motifs is 3. The average molecular weight is 305 g/mol. The molecule has 1 aromatic rings. The molecule has 18 heavy (non-hydrogen) atoms. The summed E-state index contributed by atoms with van der Waals surface area (Å²) in [6.07, 6.45) is 0. The van der Waals surface area contributed by atoms with Crippen LogP contribution in [-0.2, 0) is 14.3 Å². The summed E-state index contributed by atoms with van der Waals surface area (Å²) in [4.78, 5) is 28.6. The SMILES string of the molecule is C[C@]12OC(=O)C(=O)N1c1ccc(Cl)nc1S[C@H]2Cl. The summed E-state index contributed by atoms with van der Waals surface area (Å²) in [5, 5.41) is 0.805. The highest BCUT2D eigenvalue weighted by Crippen LogP contribution is 2.50. The molecule has 94 valence electrons. The van der Waals surface area contributed by atoms with Gasteiger partial charge in [0, 0.05) is 0 Å². The lowest BCUT2D eigenvalue weighted by Crippen LogP contribution is -2.52. The molecule has 3 heterocycles. The first-order chi connectivity index (χ1) is 8.43. The van der Waals surface area contributed by atoms with Crippen LogP contribution >= 0.6 is 35.0 Å². The van der Waals surface area contributed by atoms with Gasteiger partial charge in [-0.05, 0) is 19.1 Å². The second-order valence-electron chi connectivity index (χ2n) is 3.98. The normalized spacial score (nSPS) is 29.9. The Hall–Kier alpha value is -0.980. The standard InChI is InChI=1S/C10H6Cl2N2O3S/c1-10-9(12)18-6-4(2-3-5(11)13-6)14(10)7(15)8(16)17-10/h2-3,9H,1H3/t9-,10-/m1/s1. The molecule has 1 saturated heterocycles. The van der Waals surface area contributed by atoms with Gasteiger partial charge in [-0.1, -0.05) is 23.4 Å². The second kappa shape index (κ2) is 3.76. The van der Waals surface area contributed by atoms with Gasteiger partial charge in [0.15, 0.2) is 0 Å². The Bertz CT molecular complexity index is 582. The molecule has 0 saturated carbocycles. The van der Waals surface area contributed by atoms with Crippen LogP contribution in [0.4, 0.5) is 5.69 Å². The fourth-order valence-corrected chi connectivity index (χ4v) is 3.53. The van der Waals surface area contributed by atoms with Gasteiger partial charge in [-0.3, -0.25) is 9.69 Å². The van der Waals surface area contributed by atoms with E-state index in [1.165, 1.54) is 16.7 Å². The fraction of sp³-hybridized carbons (Fsp3) is 0.300. The van der Waals surface area contributed by atoms with E-state index >= 15 is 0 Å². The van der Waals surface area contributed by atoms with E-state index in [1.54, 1.807) is 19.1 Å². The number of rotatable bonds is 0. The van der Waals surface area contributed by atoms with E-state index < -0.39 is 22.3 Å². The lowest BCUT2D eigenvalue weighted by molar-refractivity contribution is -0.151. The number of thioether (sulfide) groups is 1. The van der Waals surface area contributed by atoms with E-state index in [0.717, 1.165) is 0 Å². The maximum Gasteiger partial charge on any atom is 0.399 e. The molecular formula is C10H6Cl2N2O3S. The van der Waals surface area contributed by atoms with Crippen LogP contribution in [0.1, 0.15) is 6.92 Å². The first-order valence-corrected chi connectivity index (χ1v) is 6.67. The molecule has 0 radical (unpaired) electrons. The quantitative estimate of drug-likeness (QED) is 0.318. The van der Waals surface area contributed by atoms with Crippen molar-refractivity contribution in [1.29, 1.82) is 0 Å². The summed E-state index contributed by atoms with van der Waals surface area (Å²) < 4.78 is 4.44. The van der Waals surface area contributed by atoms with Crippen LogP contribution < -0.4 is 4.90 Å². The van der Waals surface area contributed by atoms with Crippen LogP contribution in [0.3, 0.4) is 0 Å². The molecule has 2 atom stereocenters. The maximum absolute atomic E-state index is 11.9. The molecule has 2 aliphatic heterocycles. The Labute approximate surface area is 116 Å². The van der Waals surface area contributed by atoms with Crippen molar-refractivity contribution in [2.24, 2.45) is 0 Å². The van der Waals surface area contributed by atoms with Gasteiger partial charge in [-0.25, -0.2) is 9.78 Å². The highest BCUT2D eigenvalue weighted by atomic mass is 35.5. The van der Waals surface area contributed by atoms with Gasteiger partial charge in [0.25, 0.3) is 0 Å². The molecule has 1 amide bonds. The Kier molecular flexibility index (Phi) is 2.52. The van der Waals surface area contributed by atoms with Gasteiger partial charge in [-0.15, -0.1) is 11.6 Å². The number of carbonyl (C=O) groups excluding carboxylic acids is 2. The topological polar surface area (TPSA) is 59.5 Å². The number of nitrogens with zero attached hydrogens (tertiary/aromatic N) is 2. The summed E-state index contributed by atoms with van der Waals surface area (Å²) in [7, 11) is 0. The van der Waals surface area contributed by atoms with Crippen LogP contribution in [0.25, 0.3) is 0 Å². The molecule has 0 aliphatic carbocycles. The van der Waals surface area contributed by atoms with Crippen molar-refractivity contribution >= 4 is 52.5 Å². The minimum atomic E-state index is -1.19. The van der Waals surface area contributed by atoms with Crippen LogP contribution in [0.5, 0.6) is 0 Å². The van der Waals surface area contributed by atoms with Gasteiger partial charge in [0.2, 0.25) is 5.72 Å². The minimum Gasteiger partial charge on any atom is -0.429 e. The number of pyridine rings is 1. The zero-order chi connectivity index (χ0) is 13.1. The smallest absolute Gasteiger partial charge is 0.399 e. The summed E-state index contributed by atoms with van der Waals surface area (Å²) in [5.41, 5.74) is -0.706. The molecule has 3 rings (SSSR count). The molecule has 8 heteroatoms. The molecule has 0 aromatic carbocycles. The number of hydrogen-bond donors (Lipinski definition) is 0. The summed E-state index contributed by atoms with van der Waals surface area (Å²) in [5.74, 6) is -1.65. The summed E-state index contributed by atoms with van der Waals surface area (Å²) in [6.45, 7) is 1.60. The monoisotopic (exact) mass is 304 g/mol. The number of esters is 1. The molecule has 1 fully saturated rings. The summed E-state index contributed by atoms with van der Waals surface area (Å²) in [6, 6.07) is 3.17. The van der Waals surface area contributed by atoms with E-state index in [-0.39, 0.29) is 0 Å². The van der Waals surface area contributed by atoms with E-state index in [2.05, 4.69) is 4.98 Å². The lowest BCUT2D eigenvalue weighted by Gasteiger charge is -2.39.